The average Bonchev–Trinajstić information content (AvgIpc) is 2.50. The van der Waals surface area contributed by atoms with Crippen LogP contribution in [-0.4, -0.2) is 18.2 Å². The fourth-order valence-electron chi connectivity index (χ4n) is 1.81. The molecule has 0 bridgehead atoms. The minimum atomic E-state index is -0.401. The second-order valence-corrected chi connectivity index (χ2v) is 4.72. The van der Waals surface area contributed by atoms with E-state index in [4.69, 9.17) is 0 Å². The van der Waals surface area contributed by atoms with Gasteiger partial charge in [0.05, 0.1) is 11.3 Å². The van der Waals surface area contributed by atoms with E-state index in [1.54, 1.807) is 11.0 Å². The van der Waals surface area contributed by atoms with Crippen LogP contribution in [-0.2, 0) is 4.79 Å². The van der Waals surface area contributed by atoms with E-state index < -0.39 is 11.7 Å². The summed E-state index contributed by atoms with van der Waals surface area (Å²) in [5.41, 5.74) is 1.25. The van der Waals surface area contributed by atoms with Gasteiger partial charge in [-0.25, -0.2) is 0 Å². The Balaban J connectivity index is 2.38. The summed E-state index contributed by atoms with van der Waals surface area (Å²) in [5, 5.41) is 0. The van der Waals surface area contributed by atoms with Crippen LogP contribution >= 0.6 is 15.9 Å². The molecule has 4 heteroatoms. The van der Waals surface area contributed by atoms with Gasteiger partial charge < -0.3 is 4.90 Å². The summed E-state index contributed by atoms with van der Waals surface area (Å²) in [4.78, 5) is 25.0. The molecule has 1 amide bonds. The summed E-state index contributed by atoms with van der Waals surface area (Å²) in [7, 11) is 0. The zero-order chi connectivity index (χ0) is 11.7. The molecule has 3 nitrogen and oxygen atoms in total. The highest BCUT2D eigenvalue weighted by molar-refractivity contribution is 9.10. The van der Waals surface area contributed by atoms with Crippen molar-refractivity contribution in [2.75, 3.05) is 11.4 Å². The lowest BCUT2D eigenvalue weighted by molar-refractivity contribution is -0.114. The summed E-state index contributed by atoms with van der Waals surface area (Å²) < 4.78 is 0.824. The van der Waals surface area contributed by atoms with E-state index in [0.717, 1.165) is 23.0 Å². The van der Waals surface area contributed by atoms with Crippen molar-refractivity contribution in [1.82, 2.24) is 0 Å². The summed E-state index contributed by atoms with van der Waals surface area (Å²) in [6.07, 6.45) is 1.92. The van der Waals surface area contributed by atoms with Crippen molar-refractivity contribution in [2.24, 2.45) is 0 Å². The fourth-order valence-corrected chi connectivity index (χ4v) is 2.17. The predicted molar refractivity (Wildman–Crippen MR) is 65.7 cm³/mol. The van der Waals surface area contributed by atoms with Crippen LogP contribution < -0.4 is 4.90 Å². The molecule has 0 aromatic heterocycles. The standard InChI is InChI=1S/C12H12BrNO2/c1-2-3-6-14-10-5-4-8(13)7-9(10)11(15)12(14)16/h4-5,7H,2-3,6H2,1H3. The number of amides is 1. The quantitative estimate of drug-likeness (QED) is 0.799. The molecule has 0 atom stereocenters. The molecule has 0 N–H and O–H groups in total. The van der Waals surface area contributed by atoms with Crippen LogP contribution in [0.4, 0.5) is 5.69 Å². The van der Waals surface area contributed by atoms with Gasteiger partial charge in [0.15, 0.2) is 0 Å². The highest BCUT2D eigenvalue weighted by atomic mass is 79.9. The Morgan fingerprint density at radius 3 is 2.75 bits per heavy atom. The van der Waals surface area contributed by atoms with Gasteiger partial charge in [-0.05, 0) is 24.6 Å². The van der Waals surface area contributed by atoms with Crippen molar-refractivity contribution in [3.63, 3.8) is 0 Å². The second-order valence-electron chi connectivity index (χ2n) is 3.80. The summed E-state index contributed by atoms with van der Waals surface area (Å²) in [6.45, 7) is 2.68. The number of fused-ring (bicyclic) bond motifs is 1. The van der Waals surface area contributed by atoms with E-state index in [2.05, 4.69) is 22.9 Å². The van der Waals surface area contributed by atoms with E-state index in [0.29, 0.717) is 12.1 Å². The monoisotopic (exact) mass is 281 g/mol. The number of Topliss-reactive ketones (excluding diaryl/α,β-unsaturated/α-hetero) is 1. The number of ketones is 1. The number of carbonyl (C=O) groups is 2. The maximum atomic E-state index is 11.7. The molecule has 1 heterocycles. The lowest BCUT2D eigenvalue weighted by Crippen LogP contribution is -2.30. The van der Waals surface area contributed by atoms with Gasteiger partial charge in [0.25, 0.3) is 11.7 Å². The van der Waals surface area contributed by atoms with Gasteiger partial charge in [0.2, 0.25) is 0 Å². The summed E-state index contributed by atoms with van der Waals surface area (Å²) in [6, 6.07) is 5.38. The van der Waals surface area contributed by atoms with E-state index in [-0.39, 0.29) is 0 Å². The van der Waals surface area contributed by atoms with Crippen LogP contribution in [0, 0.1) is 0 Å². The highest BCUT2D eigenvalue weighted by Gasteiger charge is 2.35. The lowest BCUT2D eigenvalue weighted by atomic mass is 10.1. The molecule has 0 fully saturated rings. The van der Waals surface area contributed by atoms with Crippen LogP contribution in [0.1, 0.15) is 30.1 Å². The third kappa shape index (κ3) is 1.78. The molecule has 1 aromatic rings. The van der Waals surface area contributed by atoms with Gasteiger partial charge in [-0.15, -0.1) is 0 Å². The normalized spacial score (nSPS) is 14.5. The van der Waals surface area contributed by atoms with Crippen molar-refractivity contribution < 1.29 is 9.59 Å². The first-order valence-electron chi connectivity index (χ1n) is 5.31. The largest absolute Gasteiger partial charge is 0.305 e. The smallest absolute Gasteiger partial charge is 0.299 e. The van der Waals surface area contributed by atoms with Gasteiger partial charge in [0.1, 0.15) is 0 Å². The van der Waals surface area contributed by atoms with E-state index in [1.165, 1.54) is 0 Å². The van der Waals surface area contributed by atoms with Gasteiger partial charge in [-0.3, -0.25) is 9.59 Å². The maximum Gasteiger partial charge on any atom is 0.299 e. The van der Waals surface area contributed by atoms with Gasteiger partial charge in [0, 0.05) is 11.0 Å². The van der Waals surface area contributed by atoms with Crippen molar-refractivity contribution in [3.8, 4) is 0 Å². The highest BCUT2D eigenvalue weighted by Crippen LogP contribution is 2.31. The van der Waals surface area contributed by atoms with E-state index in [9.17, 15) is 9.59 Å². The van der Waals surface area contributed by atoms with Gasteiger partial charge >= 0.3 is 0 Å². The minimum Gasteiger partial charge on any atom is -0.305 e. The number of benzene rings is 1. The predicted octanol–water partition coefficient (Wildman–Crippen LogP) is 2.78. The fraction of sp³-hybridized carbons (Fsp3) is 0.333. The number of anilines is 1. The first-order valence-corrected chi connectivity index (χ1v) is 6.10. The Kier molecular flexibility index (Phi) is 3.10. The maximum absolute atomic E-state index is 11.7. The molecule has 0 saturated heterocycles. The Morgan fingerprint density at radius 2 is 2.06 bits per heavy atom. The second kappa shape index (κ2) is 4.37. The van der Waals surface area contributed by atoms with Gasteiger partial charge in [-0.2, -0.15) is 0 Å². The Labute approximate surface area is 103 Å². The van der Waals surface area contributed by atoms with Crippen LogP contribution in [0.3, 0.4) is 0 Å². The molecule has 0 radical (unpaired) electrons. The SMILES string of the molecule is CCCCN1C(=O)C(=O)c2cc(Br)ccc21. The summed E-state index contributed by atoms with van der Waals surface area (Å²) in [5.74, 6) is -0.797. The van der Waals surface area contributed by atoms with Crippen LogP contribution in [0.25, 0.3) is 0 Å². The summed E-state index contributed by atoms with van der Waals surface area (Å²) >= 11 is 3.30. The lowest BCUT2D eigenvalue weighted by Gasteiger charge is -2.15. The number of halogens is 1. The molecule has 2 rings (SSSR count). The van der Waals surface area contributed by atoms with E-state index >= 15 is 0 Å². The molecule has 0 aliphatic carbocycles. The minimum absolute atomic E-state index is 0.396. The number of hydrogen-bond donors (Lipinski definition) is 0. The van der Waals surface area contributed by atoms with E-state index in [1.807, 2.05) is 12.1 Å². The van der Waals surface area contributed by atoms with Crippen LogP contribution in [0.5, 0.6) is 0 Å². The van der Waals surface area contributed by atoms with Crippen molar-refractivity contribution in [1.29, 1.82) is 0 Å². The molecular formula is C12H12BrNO2. The molecule has 0 saturated carbocycles. The van der Waals surface area contributed by atoms with Crippen LogP contribution in [0.15, 0.2) is 22.7 Å². The zero-order valence-corrected chi connectivity index (χ0v) is 10.6. The molecule has 1 aliphatic heterocycles. The van der Waals surface area contributed by atoms with Crippen LogP contribution in [0.2, 0.25) is 0 Å². The van der Waals surface area contributed by atoms with Crippen molar-refractivity contribution in [3.05, 3.63) is 28.2 Å². The first kappa shape index (κ1) is 11.3. The average molecular weight is 282 g/mol. The molecule has 0 unspecified atom stereocenters. The topological polar surface area (TPSA) is 37.4 Å². The molecule has 1 aromatic carbocycles. The molecular weight excluding hydrogens is 270 g/mol. The van der Waals surface area contributed by atoms with Gasteiger partial charge in [-0.1, -0.05) is 29.3 Å². The number of hydrogen-bond acceptors (Lipinski definition) is 2. The molecule has 84 valence electrons. The Hall–Kier alpha value is -1.16. The number of unbranched alkanes of at least 4 members (excludes halogenated alkanes) is 1. The van der Waals surface area contributed by atoms with Crippen molar-refractivity contribution in [2.45, 2.75) is 19.8 Å². The number of rotatable bonds is 3. The zero-order valence-electron chi connectivity index (χ0n) is 9.00. The third-order valence-electron chi connectivity index (χ3n) is 2.67. The molecule has 16 heavy (non-hydrogen) atoms. The third-order valence-corrected chi connectivity index (χ3v) is 3.16. The number of nitrogens with zero attached hydrogens (tertiary/aromatic N) is 1. The Bertz CT molecular complexity index is 456. The Morgan fingerprint density at radius 1 is 1.31 bits per heavy atom. The number of carbonyl (C=O) groups excluding carboxylic acids is 2. The first-order chi connectivity index (χ1) is 7.65. The molecule has 0 spiro atoms. The van der Waals surface area contributed by atoms with Crippen molar-refractivity contribution >= 4 is 33.3 Å². The molecule has 1 aliphatic rings.